The summed E-state index contributed by atoms with van der Waals surface area (Å²) in [4.78, 5) is 23.0. The van der Waals surface area contributed by atoms with Crippen molar-refractivity contribution in [1.29, 1.82) is 0 Å². The van der Waals surface area contributed by atoms with Gasteiger partial charge in [0.2, 0.25) is 5.91 Å². The van der Waals surface area contributed by atoms with Crippen molar-refractivity contribution in [3.63, 3.8) is 0 Å². The molecule has 0 saturated heterocycles. The summed E-state index contributed by atoms with van der Waals surface area (Å²) in [5.74, 6) is 0.108. The lowest BCUT2D eigenvalue weighted by molar-refractivity contribution is -0.118. The molecule has 3 rings (SSSR count). The van der Waals surface area contributed by atoms with Crippen LogP contribution in [-0.4, -0.2) is 22.4 Å². The van der Waals surface area contributed by atoms with E-state index in [2.05, 4.69) is 22.1 Å². The van der Waals surface area contributed by atoms with Gasteiger partial charge in [-0.25, -0.2) is 4.98 Å². The van der Waals surface area contributed by atoms with Gasteiger partial charge in [-0.05, 0) is 31.0 Å². The molecule has 122 valence electrons. The predicted octanol–water partition coefficient (Wildman–Crippen LogP) is 4.19. The van der Waals surface area contributed by atoms with E-state index in [9.17, 15) is 4.79 Å². The van der Waals surface area contributed by atoms with Gasteiger partial charge in [0.25, 0.3) is 0 Å². The molecule has 2 heterocycles. The molecule has 24 heavy (non-hydrogen) atoms. The smallest absolute Gasteiger partial charge is 0.229 e. The van der Waals surface area contributed by atoms with Gasteiger partial charge < -0.3 is 0 Å². The van der Waals surface area contributed by atoms with Gasteiger partial charge >= 0.3 is 0 Å². The van der Waals surface area contributed by atoms with Crippen molar-refractivity contribution in [3.05, 3.63) is 65.8 Å². The molecular weight excluding hydrogens is 318 g/mol. The Bertz CT molecular complexity index is 787. The summed E-state index contributed by atoms with van der Waals surface area (Å²) < 4.78 is 0. The lowest BCUT2D eigenvalue weighted by Gasteiger charge is -2.17. The van der Waals surface area contributed by atoms with E-state index in [0.717, 1.165) is 22.8 Å². The lowest BCUT2D eigenvalue weighted by atomic mass is 10.1. The van der Waals surface area contributed by atoms with Crippen molar-refractivity contribution in [3.8, 4) is 11.3 Å². The summed E-state index contributed by atoms with van der Waals surface area (Å²) in [6.45, 7) is 2.60. The summed E-state index contributed by atoms with van der Waals surface area (Å²) in [5, 5.41) is 2.74. The van der Waals surface area contributed by atoms with Crippen molar-refractivity contribution in [2.75, 3.05) is 11.4 Å². The van der Waals surface area contributed by atoms with E-state index in [4.69, 9.17) is 0 Å². The minimum Gasteiger partial charge on any atom is -0.288 e. The number of thiazole rings is 1. The monoisotopic (exact) mass is 337 g/mol. The number of carbonyl (C=O) groups excluding carboxylic acids is 1. The molecule has 0 spiro atoms. The summed E-state index contributed by atoms with van der Waals surface area (Å²) in [6, 6.07) is 13.9. The molecule has 0 bridgehead atoms. The number of aromatic nitrogens is 2. The largest absolute Gasteiger partial charge is 0.288 e. The molecule has 0 saturated carbocycles. The second-order valence-corrected chi connectivity index (χ2v) is 6.21. The number of rotatable bonds is 6. The predicted molar refractivity (Wildman–Crippen MR) is 98.1 cm³/mol. The van der Waals surface area contributed by atoms with Crippen molar-refractivity contribution in [2.24, 2.45) is 0 Å². The first kappa shape index (κ1) is 16.3. The number of amides is 1. The number of carbonyl (C=O) groups is 1. The Morgan fingerprint density at radius 1 is 1.12 bits per heavy atom. The zero-order valence-electron chi connectivity index (χ0n) is 13.6. The minimum atomic E-state index is 0.108. The van der Waals surface area contributed by atoms with Crippen molar-refractivity contribution in [2.45, 2.75) is 19.8 Å². The van der Waals surface area contributed by atoms with E-state index < -0.39 is 0 Å². The number of anilines is 1. The quantitative estimate of drug-likeness (QED) is 0.677. The zero-order valence-corrected chi connectivity index (χ0v) is 14.4. The van der Waals surface area contributed by atoms with E-state index in [1.807, 2.05) is 42.6 Å². The molecule has 0 aliphatic rings. The first-order chi connectivity index (χ1) is 11.8. The molecule has 3 aromatic rings. The Labute approximate surface area is 145 Å². The number of pyridine rings is 1. The first-order valence-corrected chi connectivity index (χ1v) is 8.86. The maximum Gasteiger partial charge on any atom is 0.229 e. The van der Waals surface area contributed by atoms with Crippen LogP contribution in [0.5, 0.6) is 0 Å². The highest BCUT2D eigenvalue weighted by Crippen LogP contribution is 2.27. The number of nitrogens with zero attached hydrogens (tertiary/aromatic N) is 3. The van der Waals surface area contributed by atoms with Gasteiger partial charge in [0, 0.05) is 36.3 Å². The summed E-state index contributed by atoms with van der Waals surface area (Å²) >= 11 is 1.50. The van der Waals surface area contributed by atoms with Crippen LogP contribution >= 0.6 is 11.3 Å². The average Bonchev–Trinajstić information content (AvgIpc) is 3.12. The van der Waals surface area contributed by atoms with E-state index in [0.29, 0.717) is 13.0 Å². The first-order valence-electron chi connectivity index (χ1n) is 7.98. The Morgan fingerprint density at radius 2 is 1.88 bits per heavy atom. The maximum atomic E-state index is 12.6. The highest BCUT2D eigenvalue weighted by atomic mass is 32.1. The van der Waals surface area contributed by atoms with E-state index in [1.54, 1.807) is 17.3 Å². The molecule has 0 aliphatic heterocycles. The summed E-state index contributed by atoms with van der Waals surface area (Å²) in [6.07, 6.45) is 4.73. The molecule has 0 radical (unpaired) electrons. The fourth-order valence-electron chi connectivity index (χ4n) is 2.49. The van der Waals surface area contributed by atoms with Crippen LogP contribution in [0.1, 0.15) is 18.9 Å². The molecule has 0 fully saturated rings. The fourth-order valence-corrected chi connectivity index (χ4v) is 3.41. The third kappa shape index (κ3) is 3.86. The van der Waals surface area contributed by atoms with Crippen molar-refractivity contribution >= 4 is 22.4 Å². The molecule has 1 aromatic carbocycles. The molecule has 0 aliphatic carbocycles. The fraction of sp³-hybridized carbons (Fsp3) is 0.211. The van der Waals surface area contributed by atoms with Crippen LogP contribution in [0.3, 0.4) is 0 Å². The Hall–Kier alpha value is -2.53. The third-order valence-corrected chi connectivity index (χ3v) is 4.65. The van der Waals surface area contributed by atoms with Gasteiger partial charge in [0.15, 0.2) is 5.13 Å². The van der Waals surface area contributed by atoms with Gasteiger partial charge in [0.05, 0.1) is 5.69 Å². The Balaban J connectivity index is 1.69. The molecule has 1 amide bonds. The Morgan fingerprint density at radius 3 is 2.58 bits per heavy atom. The zero-order chi connectivity index (χ0) is 16.8. The number of hydrogen-bond donors (Lipinski definition) is 0. The van der Waals surface area contributed by atoms with E-state index in [1.165, 1.54) is 16.9 Å². The van der Waals surface area contributed by atoms with Crippen LogP contribution in [0, 0.1) is 0 Å². The lowest BCUT2D eigenvalue weighted by Crippen LogP contribution is -2.30. The van der Waals surface area contributed by atoms with Crippen LogP contribution in [0.15, 0.2) is 60.2 Å². The molecule has 2 aromatic heterocycles. The van der Waals surface area contributed by atoms with Gasteiger partial charge in [-0.3, -0.25) is 14.7 Å². The van der Waals surface area contributed by atoms with Gasteiger partial charge in [-0.15, -0.1) is 11.3 Å². The Kier molecular flexibility index (Phi) is 5.33. The topological polar surface area (TPSA) is 46.1 Å². The number of aryl methyl sites for hydroxylation is 1. The summed E-state index contributed by atoms with van der Waals surface area (Å²) in [7, 11) is 0. The van der Waals surface area contributed by atoms with Crippen LogP contribution in [-0.2, 0) is 11.2 Å². The second kappa shape index (κ2) is 7.84. The van der Waals surface area contributed by atoms with Gasteiger partial charge in [-0.2, -0.15) is 0 Å². The molecule has 5 heteroatoms. The van der Waals surface area contributed by atoms with Crippen LogP contribution in [0.25, 0.3) is 11.3 Å². The van der Waals surface area contributed by atoms with Crippen molar-refractivity contribution in [1.82, 2.24) is 9.97 Å². The van der Waals surface area contributed by atoms with E-state index >= 15 is 0 Å². The second-order valence-electron chi connectivity index (χ2n) is 5.37. The number of hydrogen-bond acceptors (Lipinski definition) is 4. The van der Waals surface area contributed by atoms with Crippen molar-refractivity contribution < 1.29 is 4.79 Å². The van der Waals surface area contributed by atoms with Gasteiger partial charge in [0.1, 0.15) is 0 Å². The SMILES string of the molecule is CCN(C(=O)CCc1ccccc1)c1nc(-c2ccncc2)cs1. The minimum absolute atomic E-state index is 0.108. The normalized spacial score (nSPS) is 10.5. The molecule has 4 nitrogen and oxygen atoms in total. The van der Waals surface area contributed by atoms with Crippen LogP contribution in [0.4, 0.5) is 5.13 Å². The molecular formula is C19H19N3OS. The summed E-state index contributed by atoms with van der Waals surface area (Å²) in [5.41, 5.74) is 3.07. The number of benzene rings is 1. The average molecular weight is 337 g/mol. The molecule has 0 atom stereocenters. The highest BCUT2D eigenvalue weighted by molar-refractivity contribution is 7.14. The highest BCUT2D eigenvalue weighted by Gasteiger charge is 2.17. The van der Waals surface area contributed by atoms with Gasteiger partial charge in [-0.1, -0.05) is 30.3 Å². The maximum absolute atomic E-state index is 12.6. The molecule has 0 unspecified atom stereocenters. The van der Waals surface area contributed by atoms with Crippen LogP contribution in [0.2, 0.25) is 0 Å². The van der Waals surface area contributed by atoms with Crippen LogP contribution < -0.4 is 4.90 Å². The standard InChI is InChI=1S/C19H19N3OS/c1-2-22(18(23)9-8-15-6-4-3-5-7-15)19-21-17(14-24-19)16-10-12-20-13-11-16/h3-7,10-14H,2,8-9H2,1H3. The third-order valence-electron chi connectivity index (χ3n) is 3.79. The molecule has 0 N–H and O–H groups in total. The van der Waals surface area contributed by atoms with E-state index in [-0.39, 0.29) is 5.91 Å².